The van der Waals surface area contributed by atoms with Crippen LogP contribution >= 0.6 is 0 Å². The Bertz CT molecular complexity index is 211. The lowest BCUT2D eigenvalue weighted by Crippen LogP contribution is -2.27. The number of unbranched alkanes of at least 4 members (excludes halogenated alkanes) is 4. The normalized spacial score (nSPS) is 16.9. The summed E-state index contributed by atoms with van der Waals surface area (Å²) < 4.78 is 0. The molecule has 20 heavy (non-hydrogen) atoms. The van der Waals surface area contributed by atoms with Crippen LogP contribution in [0.3, 0.4) is 0 Å². The van der Waals surface area contributed by atoms with Gasteiger partial charge in [-0.05, 0) is 29.6 Å². The van der Waals surface area contributed by atoms with Crippen molar-refractivity contribution in [3.8, 4) is 0 Å². The molecule has 3 unspecified atom stereocenters. The first kappa shape index (κ1) is 20.0. The van der Waals surface area contributed by atoms with Crippen molar-refractivity contribution in [2.24, 2.45) is 23.2 Å². The monoisotopic (exact) mass is 282 g/mol. The summed E-state index contributed by atoms with van der Waals surface area (Å²) in [5.41, 5.74) is 0.469. The molecule has 3 atom stereocenters. The highest BCUT2D eigenvalue weighted by Gasteiger charge is 2.28. The van der Waals surface area contributed by atoms with Gasteiger partial charge in [0.15, 0.2) is 0 Å². The van der Waals surface area contributed by atoms with Crippen molar-refractivity contribution in [1.29, 1.82) is 0 Å². The maximum Gasteiger partial charge on any atom is -0.0340 e. The fourth-order valence-corrected chi connectivity index (χ4v) is 3.56. The summed E-state index contributed by atoms with van der Waals surface area (Å²) in [4.78, 5) is 0. The van der Waals surface area contributed by atoms with Gasteiger partial charge in [-0.25, -0.2) is 0 Å². The standard InChI is InChI=1S/C20H42/c1-8-10-11-12-13-14-17(3)15-16-19(18(4)9-2)20(5,6)7/h17-19H,8-16H2,1-7H3. The minimum atomic E-state index is 0.469. The fraction of sp³-hybridized carbons (Fsp3) is 1.00. The lowest BCUT2D eigenvalue weighted by molar-refractivity contribution is 0.142. The van der Waals surface area contributed by atoms with Crippen LogP contribution in [0.1, 0.15) is 106 Å². The molecule has 0 rings (SSSR count). The molecule has 0 radical (unpaired) electrons. The second kappa shape index (κ2) is 10.7. The van der Waals surface area contributed by atoms with Gasteiger partial charge in [0, 0.05) is 0 Å². The largest absolute Gasteiger partial charge is 0.0654 e. The van der Waals surface area contributed by atoms with E-state index in [1.165, 1.54) is 57.8 Å². The van der Waals surface area contributed by atoms with Gasteiger partial charge in [0.25, 0.3) is 0 Å². The van der Waals surface area contributed by atoms with Crippen molar-refractivity contribution in [3.05, 3.63) is 0 Å². The van der Waals surface area contributed by atoms with Crippen LogP contribution in [0, 0.1) is 23.2 Å². The summed E-state index contributed by atoms with van der Waals surface area (Å²) in [7, 11) is 0. The van der Waals surface area contributed by atoms with E-state index in [2.05, 4.69) is 48.5 Å². The van der Waals surface area contributed by atoms with Crippen molar-refractivity contribution in [2.75, 3.05) is 0 Å². The van der Waals surface area contributed by atoms with E-state index in [9.17, 15) is 0 Å². The first-order valence-electron chi connectivity index (χ1n) is 9.32. The molecule has 0 aliphatic rings. The maximum absolute atomic E-state index is 2.47. The molecule has 0 aromatic rings. The predicted octanol–water partition coefficient (Wildman–Crippen LogP) is 7.47. The van der Waals surface area contributed by atoms with Crippen molar-refractivity contribution < 1.29 is 0 Å². The van der Waals surface area contributed by atoms with E-state index >= 15 is 0 Å². The third-order valence-electron chi connectivity index (χ3n) is 5.21. The van der Waals surface area contributed by atoms with Crippen molar-refractivity contribution in [2.45, 2.75) is 106 Å². The van der Waals surface area contributed by atoms with E-state index in [1.54, 1.807) is 0 Å². The Labute approximate surface area is 130 Å². The zero-order valence-corrected chi connectivity index (χ0v) is 15.6. The number of rotatable bonds is 11. The van der Waals surface area contributed by atoms with E-state index in [-0.39, 0.29) is 0 Å². The summed E-state index contributed by atoms with van der Waals surface area (Å²) in [5.74, 6) is 2.67. The average Bonchev–Trinajstić information content (AvgIpc) is 2.36. The Morgan fingerprint density at radius 3 is 1.85 bits per heavy atom. The molecule has 0 heterocycles. The Hall–Kier alpha value is 0. The fourth-order valence-electron chi connectivity index (χ4n) is 3.56. The van der Waals surface area contributed by atoms with Gasteiger partial charge in [0.1, 0.15) is 0 Å². The lowest BCUT2D eigenvalue weighted by Gasteiger charge is -2.36. The molecule has 0 N–H and O–H groups in total. The molecule has 0 amide bonds. The van der Waals surface area contributed by atoms with E-state index in [4.69, 9.17) is 0 Å². The van der Waals surface area contributed by atoms with E-state index in [0.29, 0.717) is 5.41 Å². The van der Waals surface area contributed by atoms with Crippen LogP contribution in [0.2, 0.25) is 0 Å². The molecule has 122 valence electrons. The lowest BCUT2D eigenvalue weighted by atomic mass is 9.70. The van der Waals surface area contributed by atoms with Gasteiger partial charge in [-0.15, -0.1) is 0 Å². The maximum atomic E-state index is 2.47. The van der Waals surface area contributed by atoms with Gasteiger partial charge in [0.2, 0.25) is 0 Å². The molecular formula is C20H42. The predicted molar refractivity (Wildman–Crippen MR) is 94.2 cm³/mol. The van der Waals surface area contributed by atoms with Crippen LogP contribution < -0.4 is 0 Å². The molecule has 0 saturated heterocycles. The molecule has 0 aromatic carbocycles. The highest BCUT2D eigenvalue weighted by molar-refractivity contribution is 4.78. The molecule has 0 fully saturated rings. The molecule has 0 spiro atoms. The smallest absolute Gasteiger partial charge is 0.0340 e. The Balaban J connectivity index is 3.96. The molecule has 0 nitrogen and oxygen atoms in total. The Morgan fingerprint density at radius 1 is 0.750 bits per heavy atom. The topological polar surface area (TPSA) is 0 Å². The van der Waals surface area contributed by atoms with Gasteiger partial charge >= 0.3 is 0 Å². The minimum Gasteiger partial charge on any atom is -0.0654 e. The summed E-state index contributed by atoms with van der Waals surface area (Å²) in [5, 5.41) is 0. The van der Waals surface area contributed by atoms with Crippen LogP contribution in [0.5, 0.6) is 0 Å². The quantitative estimate of drug-likeness (QED) is 0.345. The Morgan fingerprint density at radius 2 is 1.35 bits per heavy atom. The zero-order chi connectivity index (χ0) is 15.6. The molecule has 0 aliphatic carbocycles. The third kappa shape index (κ3) is 9.03. The van der Waals surface area contributed by atoms with Crippen LogP contribution in [0.15, 0.2) is 0 Å². The molecule has 0 aromatic heterocycles. The SMILES string of the molecule is CCCCCCCC(C)CCC(C(C)CC)C(C)(C)C. The van der Waals surface area contributed by atoms with Crippen LogP contribution in [-0.2, 0) is 0 Å². The molecule has 0 bridgehead atoms. The summed E-state index contributed by atoms with van der Waals surface area (Å²) in [6, 6.07) is 0. The first-order valence-corrected chi connectivity index (χ1v) is 9.32. The van der Waals surface area contributed by atoms with Crippen molar-refractivity contribution in [1.82, 2.24) is 0 Å². The van der Waals surface area contributed by atoms with Crippen LogP contribution in [0.4, 0.5) is 0 Å². The molecular weight excluding hydrogens is 240 g/mol. The van der Waals surface area contributed by atoms with Crippen molar-refractivity contribution in [3.63, 3.8) is 0 Å². The second-order valence-electron chi connectivity index (χ2n) is 8.24. The van der Waals surface area contributed by atoms with Gasteiger partial charge in [0.05, 0.1) is 0 Å². The average molecular weight is 283 g/mol. The van der Waals surface area contributed by atoms with Gasteiger partial charge in [-0.2, -0.15) is 0 Å². The zero-order valence-electron chi connectivity index (χ0n) is 15.6. The summed E-state index contributed by atoms with van der Waals surface area (Å²) in [6.45, 7) is 16.9. The minimum absolute atomic E-state index is 0.469. The molecule has 0 aliphatic heterocycles. The van der Waals surface area contributed by atoms with Crippen molar-refractivity contribution >= 4 is 0 Å². The van der Waals surface area contributed by atoms with Gasteiger partial charge in [-0.3, -0.25) is 0 Å². The summed E-state index contributed by atoms with van der Waals surface area (Å²) in [6.07, 6.45) is 12.8. The first-order chi connectivity index (χ1) is 9.32. The number of hydrogen-bond donors (Lipinski definition) is 0. The summed E-state index contributed by atoms with van der Waals surface area (Å²) >= 11 is 0. The van der Waals surface area contributed by atoms with Gasteiger partial charge < -0.3 is 0 Å². The van der Waals surface area contributed by atoms with E-state index in [1.807, 2.05) is 0 Å². The van der Waals surface area contributed by atoms with Gasteiger partial charge in [-0.1, -0.05) is 99.8 Å². The highest BCUT2D eigenvalue weighted by Crippen LogP contribution is 2.38. The highest BCUT2D eigenvalue weighted by atomic mass is 14.3. The molecule has 0 heteroatoms. The molecule has 0 saturated carbocycles. The van der Waals surface area contributed by atoms with Crippen LogP contribution in [-0.4, -0.2) is 0 Å². The Kier molecular flexibility index (Phi) is 10.7. The van der Waals surface area contributed by atoms with E-state index < -0.39 is 0 Å². The van der Waals surface area contributed by atoms with Crippen LogP contribution in [0.25, 0.3) is 0 Å². The second-order valence-corrected chi connectivity index (χ2v) is 8.24. The third-order valence-corrected chi connectivity index (χ3v) is 5.21. The van der Waals surface area contributed by atoms with E-state index in [0.717, 1.165) is 17.8 Å². The number of hydrogen-bond acceptors (Lipinski definition) is 0.